The quantitative estimate of drug-likeness (QED) is 0.723. The first-order valence-corrected chi connectivity index (χ1v) is 5.53. The van der Waals surface area contributed by atoms with Gasteiger partial charge in [-0.1, -0.05) is 15.9 Å². The lowest BCUT2D eigenvalue weighted by molar-refractivity contribution is 0.607. The lowest BCUT2D eigenvalue weighted by Crippen LogP contribution is -2.37. The van der Waals surface area contributed by atoms with Gasteiger partial charge in [0, 0.05) is 24.1 Å². The minimum Gasteiger partial charge on any atom is -0.371 e. The Bertz CT molecular complexity index is 310. The summed E-state index contributed by atoms with van der Waals surface area (Å²) in [7, 11) is 0. The van der Waals surface area contributed by atoms with Crippen molar-refractivity contribution in [2.24, 2.45) is 0 Å². The summed E-state index contributed by atoms with van der Waals surface area (Å²) in [5.41, 5.74) is 2.21. The Hall–Kier alpha value is -0.570. The zero-order valence-electron chi connectivity index (χ0n) is 7.26. The van der Waals surface area contributed by atoms with E-state index in [9.17, 15) is 4.39 Å². The van der Waals surface area contributed by atoms with Crippen LogP contribution in [0, 0.1) is 5.82 Å². The smallest absolute Gasteiger partial charge is 0.123 e. The van der Waals surface area contributed by atoms with E-state index in [-0.39, 0.29) is 5.82 Å². The van der Waals surface area contributed by atoms with Crippen molar-refractivity contribution < 1.29 is 4.39 Å². The van der Waals surface area contributed by atoms with Crippen LogP contribution in [0.1, 0.15) is 12.0 Å². The first-order valence-electron chi connectivity index (χ1n) is 4.40. The third kappa shape index (κ3) is 1.70. The second-order valence-electron chi connectivity index (χ2n) is 3.25. The molecule has 0 bridgehead atoms. The molecule has 3 heteroatoms. The van der Waals surface area contributed by atoms with E-state index in [2.05, 4.69) is 20.8 Å². The van der Waals surface area contributed by atoms with Crippen LogP contribution in [0.2, 0.25) is 0 Å². The molecule has 1 fully saturated rings. The highest BCUT2D eigenvalue weighted by molar-refractivity contribution is 9.08. The van der Waals surface area contributed by atoms with E-state index in [1.165, 1.54) is 18.2 Å². The highest BCUT2D eigenvalue weighted by Gasteiger charge is 2.17. The number of anilines is 1. The Morgan fingerprint density at radius 2 is 2.15 bits per heavy atom. The molecule has 0 unspecified atom stereocenters. The Balaban J connectivity index is 2.32. The predicted octanol–water partition coefficient (Wildman–Crippen LogP) is 2.93. The monoisotopic (exact) mass is 243 g/mol. The van der Waals surface area contributed by atoms with Gasteiger partial charge >= 0.3 is 0 Å². The average molecular weight is 244 g/mol. The maximum Gasteiger partial charge on any atom is 0.123 e. The fourth-order valence-corrected chi connectivity index (χ4v) is 1.98. The molecule has 2 rings (SSSR count). The summed E-state index contributed by atoms with van der Waals surface area (Å²) >= 11 is 3.37. The van der Waals surface area contributed by atoms with Crippen molar-refractivity contribution in [3.63, 3.8) is 0 Å². The summed E-state index contributed by atoms with van der Waals surface area (Å²) < 4.78 is 12.9. The zero-order chi connectivity index (χ0) is 9.26. The number of benzene rings is 1. The van der Waals surface area contributed by atoms with Gasteiger partial charge in [0.05, 0.1) is 0 Å². The third-order valence-corrected chi connectivity index (χ3v) is 2.99. The fraction of sp³-hybridized carbons (Fsp3) is 0.400. The van der Waals surface area contributed by atoms with Gasteiger partial charge in [-0.3, -0.25) is 0 Å². The van der Waals surface area contributed by atoms with E-state index in [4.69, 9.17) is 0 Å². The van der Waals surface area contributed by atoms with Gasteiger partial charge in [0.1, 0.15) is 5.82 Å². The molecular formula is C10H11BrFN. The first-order chi connectivity index (χ1) is 6.31. The summed E-state index contributed by atoms with van der Waals surface area (Å²) in [6.07, 6.45) is 1.25. The van der Waals surface area contributed by atoms with Gasteiger partial charge in [-0.2, -0.15) is 0 Å². The molecule has 1 aliphatic heterocycles. The van der Waals surface area contributed by atoms with Crippen LogP contribution >= 0.6 is 15.9 Å². The number of hydrogen-bond acceptors (Lipinski definition) is 1. The van der Waals surface area contributed by atoms with E-state index in [0.29, 0.717) is 0 Å². The molecule has 0 spiro atoms. The molecule has 1 aromatic carbocycles. The molecule has 0 atom stereocenters. The van der Waals surface area contributed by atoms with Crippen molar-refractivity contribution in [2.45, 2.75) is 11.8 Å². The van der Waals surface area contributed by atoms with E-state index in [1.807, 2.05) is 6.07 Å². The predicted molar refractivity (Wildman–Crippen MR) is 55.9 cm³/mol. The van der Waals surface area contributed by atoms with E-state index in [1.54, 1.807) is 6.07 Å². The Kier molecular flexibility index (Phi) is 2.54. The van der Waals surface area contributed by atoms with E-state index >= 15 is 0 Å². The molecule has 1 saturated heterocycles. The van der Waals surface area contributed by atoms with Crippen molar-refractivity contribution in [1.82, 2.24) is 0 Å². The largest absolute Gasteiger partial charge is 0.371 e. The number of halogens is 2. The van der Waals surface area contributed by atoms with Gasteiger partial charge in [0.2, 0.25) is 0 Å². The topological polar surface area (TPSA) is 3.24 Å². The van der Waals surface area contributed by atoms with Crippen LogP contribution in [0.3, 0.4) is 0 Å². The molecule has 13 heavy (non-hydrogen) atoms. The van der Waals surface area contributed by atoms with Gasteiger partial charge in [-0.15, -0.1) is 0 Å². The van der Waals surface area contributed by atoms with Gasteiger partial charge < -0.3 is 4.90 Å². The van der Waals surface area contributed by atoms with Crippen LogP contribution in [-0.4, -0.2) is 13.1 Å². The van der Waals surface area contributed by atoms with Crippen LogP contribution in [0.25, 0.3) is 0 Å². The molecule has 0 saturated carbocycles. The number of hydrogen-bond donors (Lipinski definition) is 0. The van der Waals surface area contributed by atoms with Gasteiger partial charge in [-0.25, -0.2) is 4.39 Å². The molecule has 1 nitrogen and oxygen atoms in total. The molecule has 1 aromatic rings. The van der Waals surface area contributed by atoms with Crippen molar-refractivity contribution in [2.75, 3.05) is 18.0 Å². The SMILES string of the molecule is Fc1ccc(N2CCC2)c(CBr)c1. The molecule has 0 aliphatic carbocycles. The average Bonchev–Trinajstić information content (AvgIpc) is 2.05. The first kappa shape index (κ1) is 9.00. The van der Waals surface area contributed by atoms with E-state index in [0.717, 1.165) is 24.0 Å². The molecule has 0 aromatic heterocycles. The van der Waals surface area contributed by atoms with Gasteiger partial charge in [-0.05, 0) is 30.2 Å². The summed E-state index contributed by atoms with van der Waals surface area (Å²) in [6.45, 7) is 2.21. The highest BCUT2D eigenvalue weighted by atomic mass is 79.9. The van der Waals surface area contributed by atoms with Crippen molar-refractivity contribution in [3.05, 3.63) is 29.6 Å². The van der Waals surface area contributed by atoms with Crippen LogP contribution < -0.4 is 4.90 Å². The summed E-state index contributed by atoms with van der Waals surface area (Å²) in [4.78, 5) is 2.27. The summed E-state index contributed by atoms with van der Waals surface area (Å²) in [5, 5.41) is 0.719. The number of alkyl halides is 1. The maximum atomic E-state index is 12.9. The standard InChI is InChI=1S/C10H11BrFN/c11-7-8-6-9(12)2-3-10(8)13-4-1-5-13/h2-3,6H,1,4-5,7H2. The second-order valence-corrected chi connectivity index (χ2v) is 3.81. The normalized spacial score (nSPS) is 15.7. The third-order valence-electron chi connectivity index (χ3n) is 2.38. The molecule has 1 heterocycles. The highest BCUT2D eigenvalue weighted by Crippen LogP contribution is 2.27. The van der Waals surface area contributed by atoms with Crippen molar-refractivity contribution in [1.29, 1.82) is 0 Å². The van der Waals surface area contributed by atoms with Crippen LogP contribution in [0.4, 0.5) is 10.1 Å². The Morgan fingerprint density at radius 1 is 1.38 bits per heavy atom. The van der Waals surface area contributed by atoms with Crippen molar-refractivity contribution >= 4 is 21.6 Å². The maximum absolute atomic E-state index is 12.9. The molecule has 70 valence electrons. The Morgan fingerprint density at radius 3 is 2.69 bits per heavy atom. The molecule has 0 amide bonds. The number of nitrogens with zero attached hydrogens (tertiary/aromatic N) is 1. The zero-order valence-corrected chi connectivity index (χ0v) is 8.85. The molecule has 0 N–H and O–H groups in total. The lowest BCUT2D eigenvalue weighted by Gasteiger charge is -2.34. The Labute approximate surface area is 85.7 Å². The molecule has 0 radical (unpaired) electrons. The van der Waals surface area contributed by atoms with Gasteiger partial charge in [0.15, 0.2) is 0 Å². The van der Waals surface area contributed by atoms with E-state index < -0.39 is 0 Å². The number of rotatable bonds is 2. The van der Waals surface area contributed by atoms with Crippen LogP contribution in [0.15, 0.2) is 18.2 Å². The summed E-state index contributed by atoms with van der Waals surface area (Å²) in [6, 6.07) is 4.99. The van der Waals surface area contributed by atoms with Crippen molar-refractivity contribution in [3.8, 4) is 0 Å². The summed E-state index contributed by atoms with van der Waals surface area (Å²) in [5.74, 6) is -0.154. The van der Waals surface area contributed by atoms with Gasteiger partial charge in [0.25, 0.3) is 0 Å². The fourth-order valence-electron chi connectivity index (χ4n) is 1.53. The molecule has 1 aliphatic rings. The second kappa shape index (κ2) is 3.66. The molecular weight excluding hydrogens is 233 g/mol. The minimum atomic E-state index is -0.154. The van der Waals surface area contributed by atoms with Crippen LogP contribution in [0.5, 0.6) is 0 Å². The minimum absolute atomic E-state index is 0.154. The lowest BCUT2D eigenvalue weighted by atomic mass is 10.1. The van der Waals surface area contributed by atoms with Crippen LogP contribution in [-0.2, 0) is 5.33 Å².